The Morgan fingerprint density at radius 1 is 1.08 bits per heavy atom. The molecule has 1 fully saturated rings. The fourth-order valence-corrected chi connectivity index (χ4v) is 4.97. The van der Waals surface area contributed by atoms with Gasteiger partial charge in [0.25, 0.3) is 5.91 Å². The van der Waals surface area contributed by atoms with Gasteiger partial charge < -0.3 is 25.0 Å². The lowest BCUT2D eigenvalue weighted by molar-refractivity contribution is -0.145. The number of amides is 3. The van der Waals surface area contributed by atoms with Crippen LogP contribution >= 0.6 is 11.8 Å². The average Bonchev–Trinajstić information content (AvgIpc) is 2.85. The summed E-state index contributed by atoms with van der Waals surface area (Å²) < 4.78 is 10.7. The number of carbonyl (C=O) groups is 3. The summed E-state index contributed by atoms with van der Waals surface area (Å²) in [4.78, 5) is 42.7. The van der Waals surface area contributed by atoms with Crippen LogP contribution in [0.3, 0.4) is 0 Å². The monoisotopic (exact) mass is 555 g/mol. The van der Waals surface area contributed by atoms with Gasteiger partial charge in [-0.15, -0.1) is 0 Å². The Kier molecular flexibility index (Phi) is 10.7. The number of hydrogen-bond acceptors (Lipinski definition) is 6. The van der Waals surface area contributed by atoms with E-state index in [0.717, 1.165) is 30.4 Å². The number of methoxy groups -OCH3 is 1. The van der Waals surface area contributed by atoms with Crippen LogP contribution in [-0.4, -0.2) is 59.6 Å². The first-order valence-corrected chi connectivity index (χ1v) is 14.7. The van der Waals surface area contributed by atoms with E-state index in [1.807, 2.05) is 37.4 Å². The minimum atomic E-state index is -0.872. The van der Waals surface area contributed by atoms with Gasteiger partial charge in [-0.05, 0) is 101 Å². The molecular formula is C30H41N3O5S. The summed E-state index contributed by atoms with van der Waals surface area (Å²) in [5.74, 6) is 0.755. The average molecular weight is 556 g/mol. The van der Waals surface area contributed by atoms with Gasteiger partial charge in [0.1, 0.15) is 23.4 Å². The third-order valence-electron chi connectivity index (χ3n) is 6.69. The van der Waals surface area contributed by atoms with Crippen molar-refractivity contribution in [3.63, 3.8) is 0 Å². The highest BCUT2D eigenvalue weighted by Crippen LogP contribution is 2.35. The Morgan fingerprint density at radius 3 is 2.28 bits per heavy atom. The molecule has 0 saturated heterocycles. The molecule has 2 N–H and O–H groups in total. The molecule has 3 rings (SSSR count). The number of thioether (sulfide) groups is 1. The molecule has 9 heteroatoms. The lowest BCUT2D eigenvalue weighted by atomic mass is 9.87. The second kappa shape index (κ2) is 13.7. The predicted octanol–water partition coefficient (Wildman–Crippen LogP) is 5.71. The van der Waals surface area contributed by atoms with Crippen molar-refractivity contribution in [3.05, 3.63) is 59.7 Å². The third kappa shape index (κ3) is 8.39. The minimum absolute atomic E-state index is 0.110. The van der Waals surface area contributed by atoms with Crippen LogP contribution in [-0.2, 0) is 14.3 Å². The normalized spacial score (nSPS) is 14.9. The second-order valence-electron chi connectivity index (χ2n) is 10.8. The van der Waals surface area contributed by atoms with Gasteiger partial charge in [-0.1, -0.05) is 24.3 Å². The Morgan fingerprint density at radius 2 is 1.74 bits per heavy atom. The fraction of sp³-hybridized carbons (Fsp3) is 0.500. The molecule has 1 aliphatic rings. The molecule has 0 bridgehead atoms. The highest BCUT2D eigenvalue weighted by molar-refractivity contribution is 7.98. The van der Waals surface area contributed by atoms with Gasteiger partial charge in [-0.3, -0.25) is 9.59 Å². The Hall–Kier alpha value is -3.20. The zero-order valence-electron chi connectivity index (χ0n) is 23.8. The van der Waals surface area contributed by atoms with Crippen LogP contribution in [0, 0.1) is 6.92 Å². The molecule has 2 aromatic rings. The number of hydrogen-bond donors (Lipinski definition) is 2. The highest BCUT2D eigenvalue weighted by atomic mass is 32.2. The van der Waals surface area contributed by atoms with Gasteiger partial charge in [0.2, 0.25) is 5.91 Å². The van der Waals surface area contributed by atoms with E-state index >= 15 is 0 Å². The predicted molar refractivity (Wildman–Crippen MR) is 156 cm³/mol. The van der Waals surface area contributed by atoms with Gasteiger partial charge in [-0.2, -0.15) is 11.8 Å². The molecule has 2 atom stereocenters. The van der Waals surface area contributed by atoms with E-state index < -0.39 is 23.8 Å². The maximum Gasteiger partial charge on any atom is 0.408 e. The molecule has 1 saturated carbocycles. The molecule has 2 aromatic carbocycles. The topological polar surface area (TPSA) is 97.0 Å². The molecule has 2 unspecified atom stereocenters. The van der Waals surface area contributed by atoms with E-state index in [-0.39, 0.29) is 17.9 Å². The van der Waals surface area contributed by atoms with Crippen molar-refractivity contribution < 1.29 is 23.9 Å². The summed E-state index contributed by atoms with van der Waals surface area (Å²) in [7, 11) is 1.59. The SMILES string of the molecule is COc1ccc(NC(=O)C(c2ccccc2C)N(C(=O)C(CCSC)NC(=O)OC(C)(C)C)C2CCC2)cc1. The van der Waals surface area contributed by atoms with Gasteiger partial charge in [0.15, 0.2) is 0 Å². The van der Waals surface area contributed by atoms with E-state index in [2.05, 4.69) is 10.6 Å². The summed E-state index contributed by atoms with van der Waals surface area (Å²) in [6, 6.07) is 12.9. The van der Waals surface area contributed by atoms with Gasteiger partial charge >= 0.3 is 6.09 Å². The van der Waals surface area contributed by atoms with Crippen LogP contribution in [0.2, 0.25) is 0 Å². The number of benzene rings is 2. The molecule has 0 aromatic heterocycles. The first-order chi connectivity index (χ1) is 18.5. The number of aryl methyl sites for hydroxylation is 1. The van der Waals surface area contributed by atoms with Crippen LogP contribution in [0.5, 0.6) is 5.75 Å². The molecular weight excluding hydrogens is 514 g/mol. The number of anilines is 1. The number of nitrogens with zero attached hydrogens (tertiary/aromatic N) is 1. The van der Waals surface area contributed by atoms with Crippen LogP contribution in [0.4, 0.5) is 10.5 Å². The molecule has 1 aliphatic carbocycles. The van der Waals surface area contributed by atoms with Crippen molar-refractivity contribution in [1.29, 1.82) is 0 Å². The Bertz CT molecular complexity index is 1130. The summed E-state index contributed by atoms with van der Waals surface area (Å²) in [5.41, 5.74) is 1.56. The lowest BCUT2D eigenvalue weighted by Gasteiger charge is -2.44. The number of alkyl carbamates (subject to hydrolysis) is 1. The van der Waals surface area contributed by atoms with Crippen molar-refractivity contribution in [1.82, 2.24) is 10.2 Å². The molecule has 39 heavy (non-hydrogen) atoms. The van der Waals surface area contributed by atoms with Gasteiger partial charge in [0.05, 0.1) is 7.11 Å². The van der Waals surface area contributed by atoms with Crippen molar-refractivity contribution in [2.75, 3.05) is 24.4 Å². The Balaban J connectivity index is 2.00. The molecule has 212 valence electrons. The highest BCUT2D eigenvalue weighted by Gasteiger charge is 2.42. The van der Waals surface area contributed by atoms with E-state index in [9.17, 15) is 14.4 Å². The van der Waals surface area contributed by atoms with E-state index in [0.29, 0.717) is 23.6 Å². The largest absolute Gasteiger partial charge is 0.497 e. The molecule has 8 nitrogen and oxygen atoms in total. The van der Waals surface area contributed by atoms with Gasteiger partial charge in [0, 0.05) is 11.7 Å². The number of nitrogens with one attached hydrogen (secondary N) is 2. The quantitative estimate of drug-likeness (QED) is 0.369. The van der Waals surface area contributed by atoms with Crippen LogP contribution in [0.15, 0.2) is 48.5 Å². The smallest absolute Gasteiger partial charge is 0.408 e. The maximum atomic E-state index is 14.3. The molecule has 0 heterocycles. The fourth-order valence-electron chi connectivity index (χ4n) is 4.50. The first-order valence-electron chi connectivity index (χ1n) is 13.3. The van der Waals surface area contributed by atoms with E-state index in [1.165, 1.54) is 0 Å². The zero-order chi connectivity index (χ0) is 28.6. The van der Waals surface area contributed by atoms with Crippen molar-refractivity contribution in [2.24, 2.45) is 0 Å². The third-order valence-corrected chi connectivity index (χ3v) is 7.33. The second-order valence-corrected chi connectivity index (χ2v) is 11.8. The van der Waals surface area contributed by atoms with Crippen molar-refractivity contribution in [3.8, 4) is 5.75 Å². The molecule has 0 aliphatic heterocycles. The van der Waals surface area contributed by atoms with E-state index in [1.54, 1.807) is 68.8 Å². The lowest BCUT2D eigenvalue weighted by Crippen LogP contribution is -2.57. The summed E-state index contributed by atoms with van der Waals surface area (Å²) >= 11 is 1.59. The molecule has 3 amide bonds. The minimum Gasteiger partial charge on any atom is -0.497 e. The number of carbonyl (C=O) groups excluding carboxylic acids is 3. The van der Waals surface area contributed by atoms with Crippen molar-refractivity contribution >= 4 is 35.4 Å². The van der Waals surface area contributed by atoms with E-state index in [4.69, 9.17) is 9.47 Å². The van der Waals surface area contributed by atoms with Crippen LogP contribution in [0.25, 0.3) is 0 Å². The molecule has 0 spiro atoms. The Labute approximate surface area is 236 Å². The van der Waals surface area contributed by atoms with Crippen LogP contribution < -0.4 is 15.4 Å². The first kappa shape index (κ1) is 30.3. The summed E-state index contributed by atoms with van der Waals surface area (Å²) in [6.07, 6.45) is 4.30. The van der Waals surface area contributed by atoms with Crippen LogP contribution in [0.1, 0.15) is 63.6 Å². The number of rotatable bonds is 11. The zero-order valence-corrected chi connectivity index (χ0v) is 24.6. The molecule has 0 radical (unpaired) electrons. The standard InChI is InChI=1S/C30H41N3O5S/c1-20-10-7-8-13-24(20)26(27(34)31-21-14-16-23(37-5)17-15-21)33(22-11-9-12-22)28(35)25(18-19-39-6)32-29(36)38-30(2,3)4/h7-8,10,13-17,22,25-26H,9,11-12,18-19H2,1-6H3,(H,31,34)(H,32,36). The summed E-state index contributed by atoms with van der Waals surface area (Å²) in [6.45, 7) is 7.29. The van der Waals surface area contributed by atoms with Gasteiger partial charge in [-0.25, -0.2) is 4.79 Å². The van der Waals surface area contributed by atoms with Crippen molar-refractivity contribution in [2.45, 2.75) is 77.1 Å². The number of ether oxygens (including phenoxy) is 2. The maximum absolute atomic E-state index is 14.3. The summed E-state index contributed by atoms with van der Waals surface area (Å²) in [5, 5.41) is 5.81.